The summed E-state index contributed by atoms with van der Waals surface area (Å²) in [5.74, 6) is 6.69. The van der Waals surface area contributed by atoms with Gasteiger partial charge in [-0.15, -0.1) is 0 Å². The van der Waals surface area contributed by atoms with Crippen LogP contribution in [0.25, 0.3) is 0 Å². The van der Waals surface area contributed by atoms with E-state index in [0.717, 1.165) is 22.2 Å². The topological polar surface area (TPSA) is 47.3 Å². The van der Waals surface area contributed by atoms with Gasteiger partial charge < -0.3 is 4.74 Å². The van der Waals surface area contributed by atoms with Gasteiger partial charge in [0, 0.05) is 8.04 Å². The normalized spacial score (nSPS) is 12.2. The van der Waals surface area contributed by atoms with Crippen molar-refractivity contribution in [1.82, 2.24) is 5.43 Å². The Morgan fingerprint density at radius 1 is 1.29 bits per heavy atom. The summed E-state index contributed by atoms with van der Waals surface area (Å²) in [5, 5.41) is 0. The molecule has 3 N–H and O–H groups in total. The quantitative estimate of drug-likeness (QED) is 0.401. The van der Waals surface area contributed by atoms with Crippen LogP contribution in [0, 0.1) is 10.5 Å². The number of aryl methyl sites for hydroxylation is 1. The lowest BCUT2D eigenvalue weighted by molar-refractivity contribution is 0.405. The highest BCUT2D eigenvalue weighted by atomic mass is 127. The number of hydrogen-bond donors (Lipinski definition) is 2. The minimum Gasteiger partial charge on any atom is -0.496 e. The van der Waals surface area contributed by atoms with Crippen LogP contribution in [0.3, 0.4) is 0 Å². The van der Waals surface area contributed by atoms with Gasteiger partial charge in [-0.3, -0.25) is 11.3 Å². The SMILES string of the molecule is COc1ccc(C)cc1CC(NN)c1cc(Br)ccc1I. The summed E-state index contributed by atoms with van der Waals surface area (Å²) in [5.41, 5.74) is 6.46. The highest BCUT2D eigenvalue weighted by Gasteiger charge is 2.16. The van der Waals surface area contributed by atoms with E-state index < -0.39 is 0 Å². The predicted octanol–water partition coefficient (Wildman–Crippen LogP) is 4.12. The highest BCUT2D eigenvalue weighted by molar-refractivity contribution is 14.1. The lowest BCUT2D eigenvalue weighted by Crippen LogP contribution is -2.30. The largest absolute Gasteiger partial charge is 0.496 e. The zero-order chi connectivity index (χ0) is 15.4. The molecular formula is C16H18BrIN2O. The van der Waals surface area contributed by atoms with Crippen molar-refractivity contribution in [3.8, 4) is 5.75 Å². The highest BCUT2D eigenvalue weighted by Crippen LogP contribution is 2.29. The van der Waals surface area contributed by atoms with E-state index in [4.69, 9.17) is 10.6 Å². The molecule has 1 atom stereocenters. The number of benzene rings is 2. The van der Waals surface area contributed by atoms with E-state index in [-0.39, 0.29) is 6.04 Å². The fourth-order valence-corrected chi connectivity index (χ4v) is 3.42. The van der Waals surface area contributed by atoms with Gasteiger partial charge in [0.2, 0.25) is 0 Å². The Hall–Kier alpha value is -0.630. The van der Waals surface area contributed by atoms with Gasteiger partial charge in [0.05, 0.1) is 13.2 Å². The lowest BCUT2D eigenvalue weighted by Gasteiger charge is -2.20. The number of rotatable bonds is 5. The Kier molecular flexibility index (Phi) is 6.04. The van der Waals surface area contributed by atoms with Crippen LogP contribution < -0.4 is 16.0 Å². The van der Waals surface area contributed by atoms with Gasteiger partial charge in [0.25, 0.3) is 0 Å². The van der Waals surface area contributed by atoms with Crippen LogP contribution in [-0.4, -0.2) is 7.11 Å². The van der Waals surface area contributed by atoms with Crippen molar-refractivity contribution >= 4 is 38.5 Å². The fourth-order valence-electron chi connectivity index (χ4n) is 2.33. The molecule has 3 nitrogen and oxygen atoms in total. The Morgan fingerprint density at radius 2 is 2.05 bits per heavy atom. The number of nitrogens with two attached hydrogens (primary N) is 1. The van der Waals surface area contributed by atoms with Crippen LogP contribution in [0.4, 0.5) is 0 Å². The van der Waals surface area contributed by atoms with Crippen LogP contribution >= 0.6 is 38.5 Å². The molecule has 21 heavy (non-hydrogen) atoms. The summed E-state index contributed by atoms with van der Waals surface area (Å²) in [6.07, 6.45) is 0.772. The molecule has 112 valence electrons. The van der Waals surface area contributed by atoms with Crippen molar-refractivity contribution in [2.24, 2.45) is 5.84 Å². The second kappa shape index (κ2) is 7.58. The first-order valence-electron chi connectivity index (χ1n) is 6.59. The molecule has 0 saturated carbocycles. The van der Waals surface area contributed by atoms with Gasteiger partial charge in [0.1, 0.15) is 5.75 Å². The molecule has 1 unspecified atom stereocenters. The van der Waals surface area contributed by atoms with Crippen LogP contribution in [0.2, 0.25) is 0 Å². The molecule has 0 radical (unpaired) electrons. The Morgan fingerprint density at radius 3 is 2.71 bits per heavy atom. The molecule has 0 aliphatic rings. The number of methoxy groups -OCH3 is 1. The summed E-state index contributed by atoms with van der Waals surface area (Å²) in [6, 6.07) is 12.5. The molecule has 2 rings (SSSR count). The predicted molar refractivity (Wildman–Crippen MR) is 98.4 cm³/mol. The van der Waals surface area contributed by atoms with Crippen molar-refractivity contribution in [3.05, 3.63) is 61.1 Å². The molecule has 0 amide bonds. The van der Waals surface area contributed by atoms with E-state index >= 15 is 0 Å². The summed E-state index contributed by atoms with van der Waals surface area (Å²) < 4.78 is 7.69. The first-order valence-corrected chi connectivity index (χ1v) is 8.47. The molecule has 2 aromatic rings. The molecular weight excluding hydrogens is 443 g/mol. The van der Waals surface area contributed by atoms with E-state index in [9.17, 15) is 0 Å². The molecule has 2 aromatic carbocycles. The van der Waals surface area contributed by atoms with E-state index in [1.165, 1.54) is 14.7 Å². The zero-order valence-electron chi connectivity index (χ0n) is 12.0. The van der Waals surface area contributed by atoms with Gasteiger partial charge in [0.15, 0.2) is 0 Å². The smallest absolute Gasteiger partial charge is 0.122 e. The number of hydrazine groups is 1. The van der Waals surface area contributed by atoms with Gasteiger partial charge >= 0.3 is 0 Å². The van der Waals surface area contributed by atoms with E-state index in [2.05, 4.69) is 75.1 Å². The molecule has 0 heterocycles. The monoisotopic (exact) mass is 460 g/mol. The third-order valence-corrected chi connectivity index (χ3v) is 4.87. The fraction of sp³-hybridized carbons (Fsp3) is 0.250. The molecule has 5 heteroatoms. The second-order valence-electron chi connectivity index (χ2n) is 4.90. The van der Waals surface area contributed by atoms with Crippen LogP contribution in [0.15, 0.2) is 40.9 Å². The van der Waals surface area contributed by atoms with E-state index in [1.54, 1.807) is 7.11 Å². The van der Waals surface area contributed by atoms with Crippen molar-refractivity contribution in [2.75, 3.05) is 7.11 Å². The van der Waals surface area contributed by atoms with Crippen molar-refractivity contribution in [2.45, 2.75) is 19.4 Å². The van der Waals surface area contributed by atoms with Gasteiger partial charge in [-0.1, -0.05) is 33.6 Å². The van der Waals surface area contributed by atoms with Crippen LogP contribution in [0.5, 0.6) is 5.75 Å². The first kappa shape index (κ1) is 16.7. The number of nitrogens with one attached hydrogen (secondary N) is 1. The maximum atomic E-state index is 5.79. The Labute approximate surface area is 147 Å². The summed E-state index contributed by atoms with van der Waals surface area (Å²) in [7, 11) is 1.70. The average molecular weight is 461 g/mol. The van der Waals surface area contributed by atoms with Crippen LogP contribution in [-0.2, 0) is 6.42 Å². The average Bonchev–Trinajstić information content (AvgIpc) is 2.47. The number of hydrogen-bond acceptors (Lipinski definition) is 3. The summed E-state index contributed by atoms with van der Waals surface area (Å²) in [4.78, 5) is 0. The Balaban J connectivity index is 2.35. The minimum absolute atomic E-state index is 0.0325. The van der Waals surface area contributed by atoms with E-state index in [1.807, 2.05) is 12.1 Å². The minimum atomic E-state index is 0.0325. The van der Waals surface area contributed by atoms with Crippen molar-refractivity contribution in [3.63, 3.8) is 0 Å². The Bertz CT molecular complexity index is 634. The lowest BCUT2D eigenvalue weighted by atomic mass is 9.97. The zero-order valence-corrected chi connectivity index (χ0v) is 15.7. The first-order chi connectivity index (χ1) is 10.0. The van der Waals surface area contributed by atoms with E-state index in [0.29, 0.717) is 0 Å². The molecule has 0 aromatic heterocycles. The van der Waals surface area contributed by atoms with Crippen molar-refractivity contribution < 1.29 is 4.74 Å². The van der Waals surface area contributed by atoms with Gasteiger partial charge in [-0.05, 0) is 71.3 Å². The van der Waals surface area contributed by atoms with Gasteiger partial charge in [-0.2, -0.15) is 0 Å². The standard InChI is InChI=1S/C16H18BrIN2O/c1-10-3-6-16(21-2)11(7-10)8-15(20-19)13-9-12(17)4-5-14(13)18/h3-7,9,15,20H,8,19H2,1-2H3. The molecule has 0 bridgehead atoms. The second-order valence-corrected chi connectivity index (χ2v) is 6.98. The van der Waals surface area contributed by atoms with Crippen LogP contribution in [0.1, 0.15) is 22.7 Å². The molecule has 0 fully saturated rings. The maximum absolute atomic E-state index is 5.79. The maximum Gasteiger partial charge on any atom is 0.122 e. The molecule has 0 aliphatic carbocycles. The van der Waals surface area contributed by atoms with Crippen molar-refractivity contribution in [1.29, 1.82) is 0 Å². The summed E-state index contributed by atoms with van der Waals surface area (Å²) in [6.45, 7) is 2.08. The third kappa shape index (κ3) is 4.18. The number of ether oxygens (including phenoxy) is 1. The molecule has 0 saturated heterocycles. The number of halogens is 2. The third-order valence-electron chi connectivity index (χ3n) is 3.39. The van der Waals surface area contributed by atoms with Gasteiger partial charge in [-0.25, -0.2) is 0 Å². The summed E-state index contributed by atoms with van der Waals surface area (Å²) >= 11 is 5.86. The molecule has 0 aliphatic heterocycles. The molecule has 0 spiro atoms.